The fourth-order valence-corrected chi connectivity index (χ4v) is 5.54. The lowest BCUT2D eigenvalue weighted by molar-refractivity contribution is -0.120. The van der Waals surface area contributed by atoms with Gasteiger partial charge in [0, 0.05) is 17.0 Å². The van der Waals surface area contributed by atoms with Crippen LogP contribution in [0.15, 0.2) is 90.0 Å². The van der Waals surface area contributed by atoms with Crippen LogP contribution in [0, 0.1) is 5.92 Å². The van der Waals surface area contributed by atoms with Crippen LogP contribution in [-0.4, -0.2) is 21.4 Å². The minimum absolute atomic E-state index is 0.00258. The van der Waals surface area contributed by atoms with Crippen molar-refractivity contribution < 1.29 is 9.53 Å². The van der Waals surface area contributed by atoms with Crippen molar-refractivity contribution in [3.05, 3.63) is 102 Å². The number of benzene rings is 3. The Labute approximate surface area is 217 Å². The molecule has 0 spiro atoms. The number of hydrazone groups is 1. The van der Waals surface area contributed by atoms with Crippen LogP contribution in [0.1, 0.15) is 55.8 Å². The van der Waals surface area contributed by atoms with Crippen LogP contribution < -0.4 is 9.75 Å². The summed E-state index contributed by atoms with van der Waals surface area (Å²) in [7, 11) is 0. The minimum atomic E-state index is -0.423. The summed E-state index contributed by atoms with van der Waals surface area (Å²) in [5.41, 5.74) is 5.63. The van der Waals surface area contributed by atoms with Gasteiger partial charge >= 0.3 is 0 Å². The van der Waals surface area contributed by atoms with E-state index in [-0.39, 0.29) is 11.8 Å². The predicted molar refractivity (Wildman–Crippen MR) is 146 cm³/mol. The van der Waals surface area contributed by atoms with Gasteiger partial charge in [-0.15, -0.1) is 0 Å². The molecule has 4 aromatic rings. The van der Waals surface area contributed by atoms with E-state index in [9.17, 15) is 4.79 Å². The minimum Gasteiger partial charge on any atom is -0.438 e. The molecule has 1 amide bonds. The van der Waals surface area contributed by atoms with Gasteiger partial charge in [0.2, 0.25) is 5.88 Å². The van der Waals surface area contributed by atoms with E-state index in [1.807, 2.05) is 83.5 Å². The van der Waals surface area contributed by atoms with Crippen molar-refractivity contribution in [1.29, 1.82) is 0 Å². The van der Waals surface area contributed by atoms with Gasteiger partial charge in [-0.2, -0.15) is 10.2 Å². The summed E-state index contributed by atoms with van der Waals surface area (Å²) in [5, 5.41) is 11.6. The lowest BCUT2D eigenvalue weighted by atomic mass is 9.75. The fraction of sp³-hybridized carbons (Fsp3) is 0.258. The molecule has 0 radical (unpaired) electrons. The molecule has 1 aromatic heterocycles. The van der Waals surface area contributed by atoms with E-state index in [4.69, 9.17) is 14.9 Å². The maximum atomic E-state index is 14.2. The van der Waals surface area contributed by atoms with E-state index in [0.717, 1.165) is 65.3 Å². The van der Waals surface area contributed by atoms with E-state index in [1.54, 1.807) is 5.01 Å². The van der Waals surface area contributed by atoms with Crippen molar-refractivity contribution in [2.24, 2.45) is 11.0 Å². The Balaban J connectivity index is 1.56. The number of nitrogens with zero attached hydrogens (tertiary/aromatic N) is 4. The van der Waals surface area contributed by atoms with E-state index < -0.39 is 5.92 Å². The summed E-state index contributed by atoms with van der Waals surface area (Å²) in [5.74, 6) is 0.803. The highest BCUT2D eigenvalue weighted by molar-refractivity contribution is 6.16. The first-order valence-corrected chi connectivity index (χ1v) is 13.1. The Hall–Kier alpha value is -4.19. The number of carbonyl (C=O) groups excluding carboxylic acids is 1. The number of para-hydroxylation sites is 3. The quantitative estimate of drug-likeness (QED) is 0.284. The standard InChI is InChI=1S/C31H30N4O2/c1-3-13-24-28(30(36)34(32-24)21-15-7-5-8-16-21)27-23-19-11-12-20-26(23)37-31-29(27)25(14-4-2)33-35(31)22-17-9-6-10-18-22/h5-12,15-20,27-28H,3-4,13-14H2,1-2H3. The van der Waals surface area contributed by atoms with Gasteiger partial charge in [-0.05, 0) is 43.2 Å². The number of carbonyl (C=O) groups is 1. The molecule has 0 fully saturated rings. The molecule has 3 aromatic carbocycles. The van der Waals surface area contributed by atoms with Gasteiger partial charge in [-0.25, -0.2) is 9.69 Å². The fourth-order valence-electron chi connectivity index (χ4n) is 5.54. The number of anilines is 1. The van der Waals surface area contributed by atoms with Crippen LogP contribution in [0.5, 0.6) is 11.6 Å². The summed E-state index contributed by atoms with van der Waals surface area (Å²) in [4.78, 5) is 14.2. The molecule has 6 heteroatoms. The summed E-state index contributed by atoms with van der Waals surface area (Å²) in [6.07, 6.45) is 3.41. The lowest BCUT2D eigenvalue weighted by Crippen LogP contribution is -2.34. The van der Waals surface area contributed by atoms with Gasteiger partial charge in [0.1, 0.15) is 5.75 Å². The highest BCUT2D eigenvalue weighted by Gasteiger charge is 2.48. The van der Waals surface area contributed by atoms with E-state index in [0.29, 0.717) is 5.88 Å². The molecule has 0 saturated carbocycles. The molecule has 6 rings (SSSR count). The zero-order valence-corrected chi connectivity index (χ0v) is 21.2. The summed E-state index contributed by atoms with van der Waals surface area (Å²) < 4.78 is 8.45. The average molecular weight is 491 g/mol. The number of hydrogen-bond acceptors (Lipinski definition) is 4. The van der Waals surface area contributed by atoms with Gasteiger partial charge in [0.25, 0.3) is 5.91 Å². The first-order chi connectivity index (χ1) is 18.2. The lowest BCUT2D eigenvalue weighted by Gasteiger charge is -2.31. The van der Waals surface area contributed by atoms with Crippen LogP contribution in [-0.2, 0) is 11.2 Å². The second kappa shape index (κ2) is 9.69. The van der Waals surface area contributed by atoms with Crippen molar-refractivity contribution in [3.63, 3.8) is 0 Å². The van der Waals surface area contributed by atoms with Crippen molar-refractivity contribution >= 4 is 17.3 Å². The van der Waals surface area contributed by atoms with Crippen LogP contribution in [0.3, 0.4) is 0 Å². The first-order valence-electron chi connectivity index (χ1n) is 13.1. The molecule has 3 heterocycles. The average Bonchev–Trinajstić information content (AvgIpc) is 3.46. The van der Waals surface area contributed by atoms with Crippen LogP contribution >= 0.6 is 0 Å². The zero-order chi connectivity index (χ0) is 25.4. The second-order valence-corrected chi connectivity index (χ2v) is 9.59. The number of fused-ring (bicyclic) bond motifs is 2. The van der Waals surface area contributed by atoms with Gasteiger partial charge in [-0.1, -0.05) is 81.3 Å². The molecule has 2 atom stereocenters. The maximum Gasteiger partial charge on any atom is 0.257 e. The third-order valence-corrected chi connectivity index (χ3v) is 7.12. The molecule has 6 nitrogen and oxygen atoms in total. The Morgan fingerprint density at radius 2 is 1.43 bits per heavy atom. The summed E-state index contributed by atoms with van der Waals surface area (Å²) in [6, 6.07) is 27.8. The van der Waals surface area contributed by atoms with E-state index >= 15 is 0 Å². The largest absolute Gasteiger partial charge is 0.438 e. The van der Waals surface area contributed by atoms with E-state index in [1.165, 1.54) is 0 Å². The van der Waals surface area contributed by atoms with Crippen molar-refractivity contribution in [1.82, 2.24) is 9.78 Å². The molecule has 37 heavy (non-hydrogen) atoms. The molecule has 0 N–H and O–H groups in total. The van der Waals surface area contributed by atoms with Crippen molar-refractivity contribution in [2.75, 3.05) is 5.01 Å². The molecule has 0 bridgehead atoms. The Bertz CT molecular complexity index is 1460. The second-order valence-electron chi connectivity index (χ2n) is 9.59. The van der Waals surface area contributed by atoms with E-state index in [2.05, 4.69) is 19.9 Å². The Kier molecular flexibility index (Phi) is 6.08. The number of amides is 1. The third kappa shape index (κ3) is 3.93. The third-order valence-electron chi connectivity index (χ3n) is 7.12. The molecular weight excluding hydrogens is 460 g/mol. The van der Waals surface area contributed by atoms with Gasteiger partial charge in [-0.3, -0.25) is 4.79 Å². The highest BCUT2D eigenvalue weighted by atomic mass is 16.5. The zero-order valence-electron chi connectivity index (χ0n) is 21.2. The first kappa shape index (κ1) is 23.2. The summed E-state index contributed by atoms with van der Waals surface area (Å²) in [6.45, 7) is 4.29. The normalized spacial score (nSPS) is 18.3. The number of aryl methyl sites for hydroxylation is 1. The smallest absolute Gasteiger partial charge is 0.257 e. The van der Waals surface area contributed by atoms with Crippen molar-refractivity contribution in [3.8, 4) is 17.3 Å². The molecular formula is C31H30N4O2. The van der Waals surface area contributed by atoms with Gasteiger partial charge in [0.05, 0.1) is 28.7 Å². The topological polar surface area (TPSA) is 59.7 Å². The number of ether oxygens (including phenoxy) is 1. The Morgan fingerprint density at radius 1 is 0.784 bits per heavy atom. The molecule has 2 aliphatic heterocycles. The maximum absolute atomic E-state index is 14.2. The Morgan fingerprint density at radius 3 is 2.14 bits per heavy atom. The van der Waals surface area contributed by atoms with Gasteiger partial charge in [0.15, 0.2) is 0 Å². The van der Waals surface area contributed by atoms with Crippen LogP contribution in [0.2, 0.25) is 0 Å². The molecule has 186 valence electrons. The SMILES string of the molecule is CCCC1=NN(c2ccccc2)C(=O)C1C1c2ccccc2Oc2c1c(CCC)nn2-c1ccccc1. The molecule has 0 saturated heterocycles. The van der Waals surface area contributed by atoms with Crippen LogP contribution in [0.25, 0.3) is 5.69 Å². The number of hydrogen-bond donors (Lipinski definition) is 0. The molecule has 2 aliphatic rings. The highest BCUT2D eigenvalue weighted by Crippen LogP contribution is 2.51. The predicted octanol–water partition coefficient (Wildman–Crippen LogP) is 6.88. The number of aromatic nitrogens is 2. The monoisotopic (exact) mass is 490 g/mol. The van der Waals surface area contributed by atoms with Crippen LogP contribution in [0.4, 0.5) is 5.69 Å². The molecule has 2 unspecified atom stereocenters. The number of rotatable bonds is 7. The summed E-state index contributed by atoms with van der Waals surface area (Å²) >= 11 is 0. The van der Waals surface area contributed by atoms with Gasteiger partial charge < -0.3 is 4.74 Å². The molecule has 0 aliphatic carbocycles. The van der Waals surface area contributed by atoms with Crippen molar-refractivity contribution in [2.45, 2.75) is 45.4 Å².